The number of benzene rings is 1. The molecule has 0 radical (unpaired) electrons. The molecule has 0 aliphatic rings. The van der Waals surface area contributed by atoms with E-state index in [-0.39, 0.29) is 5.91 Å². The van der Waals surface area contributed by atoms with E-state index in [1.165, 1.54) is 0 Å². The number of hydrogen-bond donors (Lipinski definition) is 2. The first-order valence-corrected chi connectivity index (χ1v) is 8.49. The Balaban J connectivity index is 1.33. The van der Waals surface area contributed by atoms with E-state index >= 15 is 0 Å². The largest absolute Gasteiger partial charge is 0.369 e. The predicted octanol–water partition coefficient (Wildman–Crippen LogP) is 2.22. The van der Waals surface area contributed by atoms with Crippen molar-refractivity contribution in [1.82, 2.24) is 24.8 Å². The Bertz CT molecular complexity index is 797. The fraction of sp³-hybridized carbons (Fsp3) is 0.333. The van der Waals surface area contributed by atoms with Crippen LogP contribution in [-0.4, -0.2) is 38.5 Å². The number of imidazole rings is 1. The van der Waals surface area contributed by atoms with Gasteiger partial charge in [-0.2, -0.15) is 0 Å². The predicted molar refractivity (Wildman–Crippen MR) is 97.1 cm³/mol. The molecule has 3 aromatic rings. The van der Waals surface area contributed by atoms with E-state index in [1.807, 2.05) is 35.0 Å². The van der Waals surface area contributed by atoms with Crippen LogP contribution in [0.3, 0.4) is 0 Å². The van der Waals surface area contributed by atoms with Gasteiger partial charge in [-0.05, 0) is 25.0 Å². The zero-order chi connectivity index (χ0) is 17.3. The van der Waals surface area contributed by atoms with Crippen molar-refractivity contribution < 1.29 is 4.79 Å². The zero-order valence-corrected chi connectivity index (χ0v) is 14.1. The molecule has 0 aliphatic carbocycles. The number of nitrogens with zero attached hydrogens (tertiary/aromatic N) is 4. The van der Waals surface area contributed by atoms with Crippen LogP contribution in [0.1, 0.15) is 19.3 Å². The van der Waals surface area contributed by atoms with Gasteiger partial charge in [0.05, 0.1) is 11.8 Å². The number of anilines is 1. The summed E-state index contributed by atoms with van der Waals surface area (Å²) < 4.78 is 2.00. The Hall–Kier alpha value is -2.96. The molecule has 7 heteroatoms. The highest BCUT2D eigenvalue weighted by molar-refractivity contribution is 5.88. The fourth-order valence-corrected chi connectivity index (χ4v) is 2.60. The van der Waals surface area contributed by atoms with Crippen molar-refractivity contribution in [2.24, 2.45) is 0 Å². The molecule has 2 heterocycles. The fourth-order valence-electron chi connectivity index (χ4n) is 2.60. The topological polar surface area (TPSA) is 84.7 Å². The van der Waals surface area contributed by atoms with Gasteiger partial charge in [-0.1, -0.05) is 12.1 Å². The molecule has 0 saturated carbocycles. The molecule has 1 amide bonds. The van der Waals surface area contributed by atoms with E-state index in [2.05, 4.69) is 25.6 Å². The minimum absolute atomic E-state index is 0.0833. The number of fused-ring (bicyclic) bond motifs is 1. The number of hydrogen-bond acceptors (Lipinski definition) is 5. The van der Waals surface area contributed by atoms with Gasteiger partial charge < -0.3 is 15.2 Å². The molecule has 130 valence electrons. The molecule has 0 atom stereocenters. The second-order valence-electron chi connectivity index (χ2n) is 5.77. The number of aromatic nitrogens is 4. The van der Waals surface area contributed by atoms with Crippen molar-refractivity contribution in [2.75, 3.05) is 18.4 Å². The van der Waals surface area contributed by atoms with Crippen molar-refractivity contribution in [1.29, 1.82) is 0 Å². The molecule has 0 fully saturated rings. The van der Waals surface area contributed by atoms with E-state index < -0.39 is 0 Å². The minimum atomic E-state index is 0.0833. The van der Waals surface area contributed by atoms with Gasteiger partial charge in [-0.15, -0.1) is 0 Å². The van der Waals surface area contributed by atoms with E-state index in [9.17, 15) is 4.79 Å². The van der Waals surface area contributed by atoms with Gasteiger partial charge >= 0.3 is 0 Å². The van der Waals surface area contributed by atoms with Crippen LogP contribution >= 0.6 is 0 Å². The first-order valence-electron chi connectivity index (χ1n) is 8.49. The second-order valence-corrected chi connectivity index (χ2v) is 5.77. The lowest BCUT2D eigenvalue weighted by atomic mass is 10.2. The van der Waals surface area contributed by atoms with Crippen LogP contribution in [0, 0.1) is 0 Å². The van der Waals surface area contributed by atoms with E-state index in [0.29, 0.717) is 19.5 Å². The van der Waals surface area contributed by atoms with Crippen molar-refractivity contribution in [3.8, 4) is 0 Å². The molecule has 0 saturated heterocycles. The lowest BCUT2D eigenvalue weighted by molar-refractivity contribution is -0.121. The Morgan fingerprint density at radius 2 is 2.04 bits per heavy atom. The average Bonchev–Trinajstić information content (AvgIpc) is 3.16. The third kappa shape index (κ3) is 5.00. The highest BCUT2D eigenvalue weighted by Gasteiger charge is 2.04. The molecular formula is C18H22N6O. The smallest absolute Gasteiger partial charge is 0.220 e. The number of amides is 1. The quantitative estimate of drug-likeness (QED) is 0.585. The summed E-state index contributed by atoms with van der Waals surface area (Å²) in [5.41, 5.74) is 0.913. The van der Waals surface area contributed by atoms with Crippen LogP contribution in [0.4, 0.5) is 5.82 Å². The number of nitrogens with one attached hydrogen (secondary N) is 2. The number of carbonyl (C=O) groups excluding carboxylic acids is 1. The first kappa shape index (κ1) is 16.9. The molecule has 7 nitrogen and oxygen atoms in total. The molecule has 0 spiro atoms. The standard InChI is InChI=1S/C18H22N6O/c25-17(20-9-4-11-24-12-10-19-14-24)7-3-8-21-18-15-5-1-2-6-16(15)22-13-23-18/h1-2,5-6,10,12-14H,3-4,7-9,11H2,(H,20,25)(H,21,22,23). The van der Waals surface area contributed by atoms with E-state index in [1.54, 1.807) is 18.9 Å². The molecule has 0 aliphatic heterocycles. The normalized spacial score (nSPS) is 10.7. The maximum atomic E-state index is 11.8. The molecular weight excluding hydrogens is 316 g/mol. The van der Waals surface area contributed by atoms with E-state index in [4.69, 9.17) is 0 Å². The van der Waals surface area contributed by atoms with Crippen molar-refractivity contribution >= 4 is 22.6 Å². The van der Waals surface area contributed by atoms with Crippen molar-refractivity contribution in [2.45, 2.75) is 25.8 Å². The summed E-state index contributed by atoms with van der Waals surface area (Å²) in [6, 6.07) is 7.87. The molecule has 1 aromatic carbocycles. The Kier molecular flexibility index (Phi) is 5.92. The zero-order valence-electron chi connectivity index (χ0n) is 14.1. The maximum Gasteiger partial charge on any atom is 0.220 e. The number of para-hydroxylation sites is 1. The summed E-state index contributed by atoms with van der Waals surface area (Å²) in [6.45, 7) is 2.24. The summed E-state index contributed by atoms with van der Waals surface area (Å²) in [5, 5.41) is 7.23. The van der Waals surface area contributed by atoms with Crippen molar-refractivity contribution in [3.05, 3.63) is 49.3 Å². The van der Waals surface area contributed by atoms with Crippen LogP contribution in [-0.2, 0) is 11.3 Å². The van der Waals surface area contributed by atoms with Crippen LogP contribution in [0.15, 0.2) is 49.3 Å². The van der Waals surface area contributed by atoms with Crippen LogP contribution in [0.5, 0.6) is 0 Å². The van der Waals surface area contributed by atoms with Gasteiger partial charge in [0.2, 0.25) is 5.91 Å². The Morgan fingerprint density at radius 1 is 1.12 bits per heavy atom. The lowest BCUT2D eigenvalue weighted by Gasteiger charge is -2.08. The van der Waals surface area contributed by atoms with Gasteiger partial charge in [0.1, 0.15) is 12.1 Å². The Morgan fingerprint density at radius 3 is 2.92 bits per heavy atom. The first-order chi connectivity index (χ1) is 12.3. The lowest BCUT2D eigenvalue weighted by Crippen LogP contribution is -2.25. The number of aryl methyl sites for hydroxylation is 1. The molecule has 25 heavy (non-hydrogen) atoms. The van der Waals surface area contributed by atoms with Crippen LogP contribution in [0.2, 0.25) is 0 Å². The van der Waals surface area contributed by atoms with Gasteiger partial charge in [0.25, 0.3) is 0 Å². The minimum Gasteiger partial charge on any atom is -0.369 e. The van der Waals surface area contributed by atoms with E-state index in [0.717, 1.165) is 36.1 Å². The molecule has 3 rings (SSSR count). The summed E-state index contributed by atoms with van der Waals surface area (Å²) in [6.07, 6.45) is 9.17. The summed E-state index contributed by atoms with van der Waals surface area (Å²) in [7, 11) is 0. The Labute approximate surface area is 146 Å². The van der Waals surface area contributed by atoms with Gasteiger partial charge in [-0.25, -0.2) is 15.0 Å². The maximum absolute atomic E-state index is 11.8. The number of carbonyl (C=O) groups is 1. The monoisotopic (exact) mass is 338 g/mol. The van der Waals surface area contributed by atoms with Crippen LogP contribution < -0.4 is 10.6 Å². The molecule has 0 bridgehead atoms. The average molecular weight is 338 g/mol. The van der Waals surface area contributed by atoms with Crippen molar-refractivity contribution in [3.63, 3.8) is 0 Å². The molecule has 0 unspecified atom stereocenters. The second kappa shape index (κ2) is 8.77. The highest BCUT2D eigenvalue weighted by atomic mass is 16.1. The molecule has 2 N–H and O–H groups in total. The van der Waals surface area contributed by atoms with Crippen LogP contribution in [0.25, 0.3) is 10.9 Å². The third-order valence-electron chi connectivity index (χ3n) is 3.89. The molecule has 2 aromatic heterocycles. The highest BCUT2D eigenvalue weighted by Crippen LogP contribution is 2.18. The summed E-state index contributed by atoms with van der Waals surface area (Å²) in [5.74, 6) is 0.895. The van der Waals surface area contributed by atoms with Gasteiger partial charge in [0.15, 0.2) is 0 Å². The summed E-state index contributed by atoms with van der Waals surface area (Å²) >= 11 is 0. The third-order valence-corrected chi connectivity index (χ3v) is 3.89. The SMILES string of the molecule is O=C(CCCNc1ncnc2ccccc12)NCCCn1ccnc1. The summed E-state index contributed by atoms with van der Waals surface area (Å²) in [4.78, 5) is 24.3. The van der Waals surface area contributed by atoms with Gasteiger partial charge in [-0.3, -0.25) is 4.79 Å². The number of rotatable bonds is 9. The van der Waals surface area contributed by atoms with Gasteiger partial charge in [0, 0.05) is 43.8 Å².